The second-order valence-electron chi connectivity index (χ2n) is 3.41. The molecular weight excluding hydrogens is 216 g/mol. The van der Waals surface area contributed by atoms with E-state index in [1.807, 2.05) is 0 Å². The lowest BCUT2D eigenvalue weighted by molar-refractivity contribution is 0.101. The maximum absolute atomic E-state index is 11.2. The predicted octanol–water partition coefficient (Wildman–Crippen LogP) is 3.30. The lowest BCUT2D eigenvalue weighted by atomic mass is 10.1. The molecule has 0 saturated carbocycles. The number of Topliss-reactive ketones (excluding diaryl/α,β-unsaturated/α-hetero) is 1. The number of fused-ring (bicyclic) bond motifs is 1. The Morgan fingerprint density at radius 2 is 2.13 bits per heavy atom. The van der Waals surface area contributed by atoms with Crippen molar-refractivity contribution < 1.29 is 14.3 Å². The highest BCUT2D eigenvalue weighted by molar-refractivity contribution is 6.36. The quantitative estimate of drug-likeness (QED) is 0.756. The summed E-state index contributed by atoms with van der Waals surface area (Å²) in [5.41, 5.74) is 0.451. The van der Waals surface area contributed by atoms with Gasteiger partial charge in [0.1, 0.15) is 5.76 Å². The van der Waals surface area contributed by atoms with E-state index in [9.17, 15) is 9.90 Å². The maximum Gasteiger partial charge on any atom is 0.178 e. The van der Waals surface area contributed by atoms with Gasteiger partial charge in [0, 0.05) is 5.39 Å². The van der Waals surface area contributed by atoms with Gasteiger partial charge >= 0.3 is 0 Å². The Hall–Kier alpha value is -1.48. The summed E-state index contributed by atoms with van der Waals surface area (Å²) >= 11 is 5.97. The molecule has 0 amide bonds. The van der Waals surface area contributed by atoms with E-state index >= 15 is 0 Å². The number of rotatable bonds is 1. The van der Waals surface area contributed by atoms with Crippen LogP contribution in [0, 0.1) is 6.92 Å². The van der Waals surface area contributed by atoms with Crippen molar-refractivity contribution in [1.29, 1.82) is 0 Å². The van der Waals surface area contributed by atoms with E-state index in [0.29, 0.717) is 16.2 Å². The summed E-state index contributed by atoms with van der Waals surface area (Å²) in [6.07, 6.45) is 0. The minimum Gasteiger partial charge on any atom is -0.504 e. The average molecular weight is 225 g/mol. The Bertz CT molecular complexity index is 554. The summed E-state index contributed by atoms with van der Waals surface area (Å²) in [6.45, 7) is 3.12. The highest BCUT2D eigenvalue weighted by Gasteiger charge is 2.16. The van der Waals surface area contributed by atoms with Crippen molar-refractivity contribution >= 4 is 28.4 Å². The summed E-state index contributed by atoms with van der Waals surface area (Å²) < 4.78 is 5.28. The lowest BCUT2D eigenvalue weighted by Crippen LogP contribution is -1.92. The zero-order valence-electron chi connectivity index (χ0n) is 8.30. The Morgan fingerprint density at radius 1 is 1.47 bits per heavy atom. The van der Waals surface area contributed by atoms with Crippen molar-refractivity contribution in [3.8, 4) is 5.75 Å². The Kier molecular flexibility index (Phi) is 2.20. The molecule has 78 valence electrons. The third kappa shape index (κ3) is 1.49. The summed E-state index contributed by atoms with van der Waals surface area (Å²) in [5, 5.41) is 10.8. The van der Waals surface area contributed by atoms with Crippen molar-refractivity contribution in [2.45, 2.75) is 13.8 Å². The predicted molar refractivity (Wildman–Crippen MR) is 57.6 cm³/mol. The van der Waals surface area contributed by atoms with Gasteiger partial charge in [-0.1, -0.05) is 11.6 Å². The summed E-state index contributed by atoms with van der Waals surface area (Å²) in [6, 6.07) is 3.18. The molecule has 0 saturated heterocycles. The van der Waals surface area contributed by atoms with E-state index < -0.39 is 0 Å². The van der Waals surface area contributed by atoms with Crippen LogP contribution in [0.4, 0.5) is 0 Å². The normalized spacial score (nSPS) is 10.9. The number of ketones is 1. The lowest BCUT2D eigenvalue weighted by Gasteiger charge is -2.02. The highest BCUT2D eigenvalue weighted by Crippen LogP contribution is 2.36. The van der Waals surface area contributed by atoms with E-state index in [1.165, 1.54) is 13.0 Å². The molecule has 1 heterocycles. The fourth-order valence-electron chi connectivity index (χ4n) is 1.53. The molecule has 0 aliphatic carbocycles. The van der Waals surface area contributed by atoms with Gasteiger partial charge < -0.3 is 9.52 Å². The zero-order valence-corrected chi connectivity index (χ0v) is 9.05. The van der Waals surface area contributed by atoms with Crippen LogP contribution in [0.15, 0.2) is 16.5 Å². The van der Waals surface area contributed by atoms with Crippen LogP contribution in [0.1, 0.15) is 23.0 Å². The molecule has 15 heavy (non-hydrogen) atoms. The third-order valence-corrected chi connectivity index (χ3v) is 2.55. The van der Waals surface area contributed by atoms with Gasteiger partial charge in [-0.15, -0.1) is 0 Å². The van der Waals surface area contributed by atoms with Gasteiger partial charge in [-0.3, -0.25) is 4.79 Å². The minimum atomic E-state index is -0.245. The van der Waals surface area contributed by atoms with E-state index in [1.54, 1.807) is 13.0 Å². The number of aromatic hydroxyl groups is 1. The Labute approximate surface area is 91.3 Å². The number of hydrogen-bond donors (Lipinski definition) is 1. The van der Waals surface area contributed by atoms with Crippen LogP contribution in [-0.2, 0) is 0 Å². The average Bonchev–Trinajstić information content (AvgIpc) is 2.53. The fourth-order valence-corrected chi connectivity index (χ4v) is 1.78. The molecule has 4 heteroatoms. The summed E-state index contributed by atoms with van der Waals surface area (Å²) in [7, 11) is 0. The molecule has 0 aliphatic rings. The van der Waals surface area contributed by atoms with E-state index in [4.69, 9.17) is 16.0 Å². The molecule has 0 unspecified atom stereocenters. The second kappa shape index (κ2) is 3.28. The molecule has 0 atom stereocenters. The van der Waals surface area contributed by atoms with Crippen molar-refractivity contribution in [3.05, 3.63) is 28.5 Å². The summed E-state index contributed by atoms with van der Waals surface area (Å²) in [4.78, 5) is 11.2. The second-order valence-corrected chi connectivity index (χ2v) is 3.82. The molecule has 0 aliphatic heterocycles. The van der Waals surface area contributed by atoms with Crippen molar-refractivity contribution in [1.82, 2.24) is 0 Å². The van der Waals surface area contributed by atoms with Gasteiger partial charge in [0.2, 0.25) is 0 Å². The van der Waals surface area contributed by atoms with Crippen LogP contribution < -0.4 is 0 Å². The molecule has 0 fully saturated rings. The molecule has 3 nitrogen and oxygen atoms in total. The first-order chi connectivity index (χ1) is 7.00. The molecule has 0 bridgehead atoms. The first-order valence-electron chi connectivity index (χ1n) is 4.43. The minimum absolute atomic E-state index is 0.144. The van der Waals surface area contributed by atoms with Gasteiger partial charge in [0.25, 0.3) is 0 Å². The number of benzene rings is 1. The third-order valence-electron chi connectivity index (χ3n) is 2.23. The van der Waals surface area contributed by atoms with E-state index in [2.05, 4.69) is 0 Å². The zero-order chi connectivity index (χ0) is 11.2. The number of hydrogen-bond acceptors (Lipinski definition) is 3. The standard InChI is InChI=1S/C11H9ClO3/c1-5-3-8-9(12)4-7(6(2)13)10(14)11(8)15-5/h3-4,14H,1-2H3. The molecule has 2 rings (SSSR count). The number of phenolic OH excluding ortho intramolecular Hbond substituents is 1. The van der Waals surface area contributed by atoms with E-state index in [-0.39, 0.29) is 22.7 Å². The molecule has 1 N–H and O–H groups in total. The van der Waals surface area contributed by atoms with Crippen LogP contribution in [-0.4, -0.2) is 10.9 Å². The molecular formula is C11H9ClO3. The van der Waals surface area contributed by atoms with Crippen molar-refractivity contribution in [2.75, 3.05) is 0 Å². The van der Waals surface area contributed by atoms with E-state index in [0.717, 1.165) is 0 Å². The first kappa shape index (κ1) is 10.1. The highest BCUT2D eigenvalue weighted by atomic mass is 35.5. The summed E-state index contributed by atoms with van der Waals surface area (Å²) in [5.74, 6) is 0.253. The Balaban J connectivity index is 2.89. The molecule has 1 aromatic heterocycles. The van der Waals surface area contributed by atoms with Gasteiger partial charge in [-0.05, 0) is 26.0 Å². The molecule has 2 aromatic rings. The topological polar surface area (TPSA) is 50.4 Å². The largest absolute Gasteiger partial charge is 0.504 e. The smallest absolute Gasteiger partial charge is 0.178 e. The van der Waals surface area contributed by atoms with Crippen LogP contribution in [0.3, 0.4) is 0 Å². The van der Waals surface area contributed by atoms with Crippen LogP contribution in [0.5, 0.6) is 5.75 Å². The number of furan rings is 1. The monoisotopic (exact) mass is 224 g/mol. The molecule has 1 aromatic carbocycles. The van der Waals surface area contributed by atoms with Gasteiger partial charge in [0.15, 0.2) is 17.1 Å². The number of carbonyl (C=O) groups excluding carboxylic acids is 1. The number of aryl methyl sites for hydroxylation is 1. The molecule has 0 spiro atoms. The van der Waals surface area contributed by atoms with Gasteiger partial charge in [0.05, 0.1) is 10.6 Å². The van der Waals surface area contributed by atoms with Crippen LogP contribution in [0.25, 0.3) is 11.0 Å². The van der Waals surface area contributed by atoms with Crippen molar-refractivity contribution in [2.24, 2.45) is 0 Å². The van der Waals surface area contributed by atoms with Gasteiger partial charge in [-0.25, -0.2) is 0 Å². The number of halogens is 1. The van der Waals surface area contributed by atoms with Crippen LogP contribution >= 0.6 is 11.6 Å². The van der Waals surface area contributed by atoms with Crippen molar-refractivity contribution in [3.63, 3.8) is 0 Å². The number of phenols is 1. The first-order valence-corrected chi connectivity index (χ1v) is 4.81. The molecule has 0 radical (unpaired) electrons. The van der Waals surface area contributed by atoms with Crippen LogP contribution in [0.2, 0.25) is 5.02 Å². The maximum atomic E-state index is 11.2. The fraction of sp³-hybridized carbons (Fsp3) is 0.182. The number of carbonyl (C=O) groups is 1. The SMILES string of the molecule is CC(=O)c1cc(Cl)c2cc(C)oc2c1O. The van der Waals surface area contributed by atoms with Gasteiger partial charge in [-0.2, -0.15) is 0 Å². The Morgan fingerprint density at radius 3 is 2.73 bits per heavy atom.